The molecule has 1 aromatic heterocycles. The third-order valence-corrected chi connectivity index (χ3v) is 5.52. The van der Waals surface area contributed by atoms with Crippen molar-refractivity contribution < 1.29 is 14.0 Å². The second-order valence-corrected chi connectivity index (χ2v) is 8.24. The molecule has 180 valence electrons. The molecule has 0 bridgehead atoms. The highest BCUT2D eigenvalue weighted by Gasteiger charge is 2.15. The minimum absolute atomic E-state index is 0.119. The van der Waals surface area contributed by atoms with Gasteiger partial charge in [-0.3, -0.25) is 14.6 Å². The highest BCUT2D eigenvalue weighted by atomic mass is 19.1. The van der Waals surface area contributed by atoms with Gasteiger partial charge in [0.25, 0.3) is 5.91 Å². The maximum atomic E-state index is 13.8. The molecule has 2 amide bonds. The molecule has 1 heterocycles. The van der Waals surface area contributed by atoms with Gasteiger partial charge in [0.15, 0.2) is 0 Å². The van der Waals surface area contributed by atoms with Gasteiger partial charge in [-0.15, -0.1) is 0 Å². The van der Waals surface area contributed by atoms with Gasteiger partial charge in [-0.05, 0) is 59.2 Å². The molecular formula is C30H26FN3O2. The molecule has 36 heavy (non-hydrogen) atoms. The van der Waals surface area contributed by atoms with Crippen LogP contribution in [0.4, 0.5) is 10.1 Å². The van der Waals surface area contributed by atoms with E-state index in [1.807, 2.05) is 60.7 Å². The van der Waals surface area contributed by atoms with Crippen molar-refractivity contribution in [3.63, 3.8) is 0 Å². The monoisotopic (exact) mass is 479 g/mol. The molecule has 0 fully saturated rings. The number of benzene rings is 3. The number of rotatable bonds is 9. The minimum atomic E-state index is -0.355. The highest BCUT2D eigenvalue weighted by molar-refractivity contribution is 6.03. The minimum Gasteiger partial charge on any atom is -0.350 e. The Hall–Kier alpha value is -4.58. The number of anilines is 1. The number of hydrogen-bond donors (Lipinski definition) is 1. The molecule has 0 saturated carbocycles. The summed E-state index contributed by atoms with van der Waals surface area (Å²) in [6, 6.07) is 28.5. The summed E-state index contributed by atoms with van der Waals surface area (Å²) in [4.78, 5) is 31.3. The number of amides is 2. The molecule has 0 saturated heterocycles. The van der Waals surface area contributed by atoms with Crippen molar-refractivity contribution in [3.8, 4) is 0 Å². The number of carbonyl (C=O) groups excluding carboxylic acids is 2. The van der Waals surface area contributed by atoms with Crippen LogP contribution in [0.1, 0.15) is 22.4 Å². The molecule has 1 N–H and O–H groups in total. The molecule has 0 aliphatic carbocycles. The van der Waals surface area contributed by atoms with Crippen LogP contribution >= 0.6 is 0 Å². The van der Waals surface area contributed by atoms with E-state index < -0.39 is 0 Å². The lowest BCUT2D eigenvalue weighted by molar-refractivity contribution is -0.120. The van der Waals surface area contributed by atoms with Crippen molar-refractivity contribution in [3.05, 3.63) is 138 Å². The summed E-state index contributed by atoms with van der Waals surface area (Å²) < 4.78 is 13.8. The lowest BCUT2D eigenvalue weighted by Gasteiger charge is -2.22. The first kappa shape index (κ1) is 24.5. The van der Waals surface area contributed by atoms with Crippen LogP contribution in [0.25, 0.3) is 6.08 Å². The fourth-order valence-corrected chi connectivity index (χ4v) is 3.67. The van der Waals surface area contributed by atoms with E-state index in [1.165, 1.54) is 18.2 Å². The zero-order valence-corrected chi connectivity index (χ0v) is 19.7. The number of pyridine rings is 1. The fraction of sp³-hybridized carbons (Fsp3) is 0.100. The van der Waals surface area contributed by atoms with Gasteiger partial charge < -0.3 is 10.2 Å². The SMILES string of the molecule is O=C(Cc1ccc(N(Cc2cccc(F)c2)C(=O)C=Cc2ccccc2)cc1)NCc1ccccn1. The molecule has 5 nitrogen and oxygen atoms in total. The van der Waals surface area contributed by atoms with Crippen LogP contribution in [0.3, 0.4) is 0 Å². The van der Waals surface area contributed by atoms with Gasteiger partial charge in [0.2, 0.25) is 5.91 Å². The molecule has 0 unspecified atom stereocenters. The first-order chi connectivity index (χ1) is 17.6. The van der Waals surface area contributed by atoms with E-state index in [4.69, 9.17) is 0 Å². The van der Waals surface area contributed by atoms with Crippen molar-refractivity contribution in [2.45, 2.75) is 19.5 Å². The van der Waals surface area contributed by atoms with Crippen molar-refractivity contribution in [1.29, 1.82) is 0 Å². The van der Waals surface area contributed by atoms with E-state index in [2.05, 4.69) is 10.3 Å². The normalized spacial score (nSPS) is 10.8. The number of hydrogen-bond acceptors (Lipinski definition) is 3. The molecule has 4 rings (SSSR count). The smallest absolute Gasteiger partial charge is 0.251 e. The zero-order valence-electron chi connectivity index (χ0n) is 19.7. The van der Waals surface area contributed by atoms with E-state index in [0.717, 1.165) is 16.8 Å². The van der Waals surface area contributed by atoms with Gasteiger partial charge in [0.05, 0.1) is 25.2 Å². The summed E-state index contributed by atoms with van der Waals surface area (Å²) in [5, 5.41) is 2.86. The second-order valence-electron chi connectivity index (χ2n) is 8.24. The van der Waals surface area contributed by atoms with Gasteiger partial charge in [-0.1, -0.05) is 60.7 Å². The van der Waals surface area contributed by atoms with Crippen molar-refractivity contribution in [1.82, 2.24) is 10.3 Å². The predicted molar refractivity (Wildman–Crippen MR) is 139 cm³/mol. The molecule has 0 aliphatic heterocycles. The van der Waals surface area contributed by atoms with Gasteiger partial charge in [0, 0.05) is 18.0 Å². The Labute approximate surface area is 209 Å². The third-order valence-electron chi connectivity index (χ3n) is 5.52. The standard InChI is InChI=1S/C30H26FN3O2/c31-26-10-6-9-25(19-26)22-34(30(36)17-14-23-7-2-1-3-8-23)28-15-12-24(13-16-28)20-29(35)33-21-27-11-4-5-18-32-27/h1-19H,20-22H2,(H,33,35). The Morgan fingerprint density at radius 2 is 1.64 bits per heavy atom. The van der Waals surface area contributed by atoms with Crippen LogP contribution in [0.5, 0.6) is 0 Å². The average molecular weight is 480 g/mol. The first-order valence-electron chi connectivity index (χ1n) is 11.6. The van der Waals surface area contributed by atoms with Crippen LogP contribution in [0, 0.1) is 5.82 Å². The van der Waals surface area contributed by atoms with Crippen molar-refractivity contribution in [2.75, 3.05) is 4.90 Å². The summed E-state index contributed by atoms with van der Waals surface area (Å²) in [7, 11) is 0. The summed E-state index contributed by atoms with van der Waals surface area (Å²) in [6.07, 6.45) is 5.15. The summed E-state index contributed by atoms with van der Waals surface area (Å²) in [5.74, 6) is -0.706. The second kappa shape index (κ2) is 12.2. The molecule has 0 spiro atoms. The topological polar surface area (TPSA) is 62.3 Å². The molecule has 0 aliphatic rings. The molecule has 6 heteroatoms. The van der Waals surface area contributed by atoms with Gasteiger partial charge in [0.1, 0.15) is 5.82 Å². The number of halogens is 1. The summed E-state index contributed by atoms with van der Waals surface area (Å²) in [6.45, 7) is 0.570. The van der Waals surface area contributed by atoms with Crippen molar-refractivity contribution in [2.24, 2.45) is 0 Å². The largest absolute Gasteiger partial charge is 0.350 e. The Kier molecular flexibility index (Phi) is 8.33. The highest BCUT2D eigenvalue weighted by Crippen LogP contribution is 2.20. The average Bonchev–Trinajstić information content (AvgIpc) is 2.91. The number of aromatic nitrogens is 1. The van der Waals surface area contributed by atoms with Gasteiger partial charge >= 0.3 is 0 Å². The van der Waals surface area contributed by atoms with E-state index in [-0.39, 0.29) is 30.6 Å². The first-order valence-corrected chi connectivity index (χ1v) is 11.6. The quantitative estimate of drug-likeness (QED) is 0.330. The lowest BCUT2D eigenvalue weighted by Crippen LogP contribution is -2.29. The summed E-state index contributed by atoms with van der Waals surface area (Å²) >= 11 is 0. The molecule has 4 aromatic rings. The summed E-state index contributed by atoms with van der Waals surface area (Å²) in [5.41, 5.74) is 3.84. The van der Waals surface area contributed by atoms with Crippen LogP contribution in [-0.2, 0) is 29.1 Å². The number of nitrogens with one attached hydrogen (secondary N) is 1. The molecule has 0 radical (unpaired) electrons. The Bertz CT molecular complexity index is 1320. The predicted octanol–water partition coefficient (Wildman–Crippen LogP) is 5.33. The van der Waals surface area contributed by atoms with Crippen molar-refractivity contribution >= 4 is 23.6 Å². The maximum Gasteiger partial charge on any atom is 0.251 e. The lowest BCUT2D eigenvalue weighted by atomic mass is 10.1. The van der Waals surface area contributed by atoms with E-state index in [1.54, 1.807) is 41.4 Å². The molecule has 3 aromatic carbocycles. The van der Waals surface area contributed by atoms with Crippen LogP contribution in [0.15, 0.2) is 109 Å². The molecular weight excluding hydrogens is 453 g/mol. The van der Waals surface area contributed by atoms with Gasteiger partial charge in [-0.25, -0.2) is 4.39 Å². The van der Waals surface area contributed by atoms with E-state index >= 15 is 0 Å². The Morgan fingerprint density at radius 1 is 0.861 bits per heavy atom. The third kappa shape index (κ3) is 7.21. The number of carbonyl (C=O) groups is 2. The van der Waals surface area contributed by atoms with E-state index in [9.17, 15) is 14.0 Å². The Balaban J connectivity index is 1.47. The zero-order chi connectivity index (χ0) is 25.2. The number of nitrogens with zero attached hydrogens (tertiary/aromatic N) is 2. The Morgan fingerprint density at radius 3 is 2.36 bits per heavy atom. The maximum absolute atomic E-state index is 13.8. The van der Waals surface area contributed by atoms with Crippen LogP contribution in [-0.4, -0.2) is 16.8 Å². The van der Waals surface area contributed by atoms with E-state index in [0.29, 0.717) is 17.8 Å². The van der Waals surface area contributed by atoms with Crippen LogP contribution < -0.4 is 10.2 Å². The van der Waals surface area contributed by atoms with Crippen LogP contribution in [0.2, 0.25) is 0 Å². The fourth-order valence-electron chi connectivity index (χ4n) is 3.67. The molecule has 0 atom stereocenters. The van der Waals surface area contributed by atoms with Gasteiger partial charge in [-0.2, -0.15) is 0 Å².